The van der Waals surface area contributed by atoms with E-state index in [0.29, 0.717) is 11.8 Å². The molecule has 0 heterocycles. The second-order valence-electron chi connectivity index (χ2n) is 4.32. The van der Waals surface area contributed by atoms with Gasteiger partial charge in [0, 0.05) is 5.88 Å². The predicted octanol–water partition coefficient (Wildman–Crippen LogP) is 4.25. The van der Waals surface area contributed by atoms with Crippen LogP contribution in [0.2, 0.25) is 0 Å². The molecular weight excluding hydrogens is 220 g/mol. The number of hydrogen-bond donors (Lipinski definition) is 1. The van der Waals surface area contributed by atoms with Crippen molar-refractivity contribution in [3.63, 3.8) is 0 Å². The lowest BCUT2D eigenvalue weighted by molar-refractivity contribution is 0.166. The maximum Gasteiger partial charge on any atom is 0.0790 e. The summed E-state index contributed by atoms with van der Waals surface area (Å²) in [4.78, 5) is 0. The highest BCUT2D eigenvalue weighted by atomic mass is 35.5. The van der Waals surface area contributed by atoms with Crippen LogP contribution >= 0.6 is 11.6 Å². The van der Waals surface area contributed by atoms with Crippen LogP contribution < -0.4 is 0 Å². The molecule has 1 nitrogen and oxygen atoms in total. The van der Waals surface area contributed by atoms with Crippen LogP contribution in [0.25, 0.3) is 0 Å². The van der Waals surface area contributed by atoms with Crippen molar-refractivity contribution in [3.8, 4) is 0 Å². The average Bonchev–Trinajstić information content (AvgIpc) is 2.35. The van der Waals surface area contributed by atoms with E-state index in [9.17, 15) is 5.11 Å². The summed E-state index contributed by atoms with van der Waals surface area (Å²) in [7, 11) is 0. The van der Waals surface area contributed by atoms with Crippen molar-refractivity contribution in [2.24, 2.45) is 0 Å². The van der Waals surface area contributed by atoms with Gasteiger partial charge in [-0.3, -0.25) is 0 Å². The monoisotopic (exact) mass is 240 g/mol. The number of aliphatic hydroxyl groups is 1. The number of hydrogen-bond acceptors (Lipinski definition) is 1. The van der Waals surface area contributed by atoms with E-state index in [4.69, 9.17) is 11.6 Å². The molecule has 2 atom stereocenters. The minimum Gasteiger partial charge on any atom is -0.388 e. The molecule has 0 aliphatic carbocycles. The number of alkyl halides is 1. The van der Waals surface area contributed by atoms with Crippen LogP contribution in [0.5, 0.6) is 0 Å². The Labute approximate surface area is 103 Å². The van der Waals surface area contributed by atoms with Crippen LogP contribution in [0.15, 0.2) is 24.3 Å². The fraction of sp³-hybridized carbons (Fsp3) is 0.571. The van der Waals surface area contributed by atoms with Gasteiger partial charge in [0.15, 0.2) is 0 Å². The number of benzene rings is 1. The van der Waals surface area contributed by atoms with Gasteiger partial charge in [-0.15, -0.1) is 11.6 Å². The smallest absolute Gasteiger partial charge is 0.0790 e. The van der Waals surface area contributed by atoms with E-state index in [-0.39, 0.29) is 6.10 Å². The molecule has 2 unspecified atom stereocenters. The molecule has 0 saturated carbocycles. The van der Waals surface area contributed by atoms with Crippen LogP contribution in [-0.2, 0) is 0 Å². The Hall–Kier alpha value is -0.530. The van der Waals surface area contributed by atoms with Gasteiger partial charge in [0.2, 0.25) is 0 Å². The Bertz CT molecular complexity index is 294. The zero-order chi connectivity index (χ0) is 12.0. The van der Waals surface area contributed by atoms with Gasteiger partial charge < -0.3 is 5.11 Å². The zero-order valence-electron chi connectivity index (χ0n) is 10.1. The van der Waals surface area contributed by atoms with Crippen LogP contribution in [0.1, 0.15) is 56.3 Å². The molecule has 1 aromatic rings. The molecule has 90 valence electrons. The number of halogens is 1. The molecule has 0 radical (unpaired) electrons. The van der Waals surface area contributed by atoms with Gasteiger partial charge in [0.1, 0.15) is 0 Å². The Morgan fingerprint density at radius 3 is 2.25 bits per heavy atom. The Balaban J connectivity index is 2.63. The lowest BCUT2D eigenvalue weighted by Gasteiger charge is -2.13. The zero-order valence-corrected chi connectivity index (χ0v) is 10.9. The second kappa shape index (κ2) is 6.93. The highest BCUT2D eigenvalue weighted by molar-refractivity contribution is 6.17. The lowest BCUT2D eigenvalue weighted by Crippen LogP contribution is -1.99. The topological polar surface area (TPSA) is 20.2 Å². The van der Waals surface area contributed by atoms with Crippen molar-refractivity contribution in [3.05, 3.63) is 35.4 Å². The van der Waals surface area contributed by atoms with Crippen molar-refractivity contribution in [2.75, 3.05) is 5.88 Å². The molecular formula is C14H21ClO. The molecule has 0 aromatic heterocycles. The first kappa shape index (κ1) is 13.5. The summed E-state index contributed by atoms with van der Waals surface area (Å²) in [5.74, 6) is 1.20. The Morgan fingerprint density at radius 1 is 1.19 bits per heavy atom. The number of aliphatic hydroxyl groups excluding tert-OH is 1. The summed E-state index contributed by atoms with van der Waals surface area (Å²) in [6.45, 7) is 4.41. The third-order valence-electron chi connectivity index (χ3n) is 3.11. The van der Waals surface area contributed by atoms with Gasteiger partial charge in [0.25, 0.3) is 0 Å². The van der Waals surface area contributed by atoms with Gasteiger partial charge >= 0.3 is 0 Å². The van der Waals surface area contributed by atoms with Crippen molar-refractivity contribution in [1.82, 2.24) is 0 Å². The molecule has 0 amide bonds. The molecule has 0 aliphatic heterocycles. The van der Waals surface area contributed by atoms with E-state index >= 15 is 0 Å². The standard InChI is InChI=1S/C14H21ClO/c1-3-11(2)12-6-8-13(9-7-12)14(16)5-4-10-15/h6-9,11,14,16H,3-5,10H2,1-2H3. The summed E-state index contributed by atoms with van der Waals surface area (Å²) in [5, 5.41) is 9.88. The average molecular weight is 241 g/mol. The fourth-order valence-corrected chi connectivity index (χ4v) is 1.87. The van der Waals surface area contributed by atoms with E-state index < -0.39 is 0 Å². The molecule has 2 heteroatoms. The first-order valence-electron chi connectivity index (χ1n) is 6.03. The highest BCUT2D eigenvalue weighted by Gasteiger charge is 2.08. The van der Waals surface area contributed by atoms with Crippen LogP contribution in [0.4, 0.5) is 0 Å². The van der Waals surface area contributed by atoms with E-state index in [1.807, 2.05) is 12.1 Å². The predicted molar refractivity (Wildman–Crippen MR) is 70.1 cm³/mol. The van der Waals surface area contributed by atoms with E-state index in [2.05, 4.69) is 26.0 Å². The van der Waals surface area contributed by atoms with Gasteiger partial charge in [-0.25, -0.2) is 0 Å². The van der Waals surface area contributed by atoms with Crippen LogP contribution in [0.3, 0.4) is 0 Å². The number of rotatable bonds is 6. The van der Waals surface area contributed by atoms with Crippen molar-refractivity contribution in [2.45, 2.75) is 45.1 Å². The van der Waals surface area contributed by atoms with Gasteiger partial charge in [-0.1, -0.05) is 38.1 Å². The van der Waals surface area contributed by atoms with E-state index in [1.165, 1.54) is 5.56 Å². The maximum atomic E-state index is 9.88. The quantitative estimate of drug-likeness (QED) is 0.737. The molecule has 1 rings (SSSR count). The van der Waals surface area contributed by atoms with Gasteiger partial charge in [-0.2, -0.15) is 0 Å². The normalized spacial score (nSPS) is 14.8. The molecule has 0 saturated heterocycles. The first-order chi connectivity index (χ1) is 7.69. The maximum absolute atomic E-state index is 9.88. The summed E-state index contributed by atoms with van der Waals surface area (Å²) in [6.07, 6.45) is 2.38. The second-order valence-corrected chi connectivity index (χ2v) is 4.70. The molecule has 0 aliphatic rings. The van der Waals surface area contributed by atoms with Crippen molar-refractivity contribution >= 4 is 11.6 Å². The molecule has 0 bridgehead atoms. The molecule has 0 spiro atoms. The summed E-state index contributed by atoms with van der Waals surface area (Å²) < 4.78 is 0. The summed E-state index contributed by atoms with van der Waals surface area (Å²) >= 11 is 5.61. The van der Waals surface area contributed by atoms with E-state index in [0.717, 1.165) is 24.8 Å². The Morgan fingerprint density at radius 2 is 1.75 bits per heavy atom. The van der Waals surface area contributed by atoms with Crippen LogP contribution in [-0.4, -0.2) is 11.0 Å². The largest absolute Gasteiger partial charge is 0.388 e. The highest BCUT2D eigenvalue weighted by Crippen LogP contribution is 2.23. The first-order valence-corrected chi connectivity index (χ1v) is 6.56. The summed E-state index contributed by atoms with van der Waals surface area (Å²) in [5.41, 5.74) is 2.34. The molecule has 16 heavy (non-hydrogen) atoms. The molecule has 0 fully saturated rings. The van der Waals surface area contributed by atoms with Crippen molar-refractivity contribution in [1.29, 1.82) is 0 Å². The minimum atomic E-state index is -0.371. The summed E-state index contributed by atoms with van der Waals surface area (Å²) in [6, 6.07) is 8.29. The van der Waals surface area contributed by atoms with Gasteiger partial charge in [0.05, 0.1) is 6.10 Å². The Kier molecular flexibility index (Phi) is 5.86. The minimum absolute atomic E-state index is 0.371. The third kappa shape index (κ3) is 3.80. The molecule has 1 N–H and O–H groups in total. The van der Waals surface area contributed by atoms with E-state index in [1.54, 1.807) is 0 Å². The molecule has 1 aromatic carbocycles. The SMILES string of the molecule is CCC(C)c1ccc(C(O)CCCCl)cc1. The fourth-order valence-electron chi connectivity index (χ4n) is 1.72. The third-order valence-corrected chi connectivity index (χ3v) is 3.38. The lowest BCUT2D eigenvalue weighted by atomic mass is 9.96. The van der Waals surface area contributed by atoms with Gasteiger partial charge in [-0.05, 0) is 36.3 Å². The van der Waals surface area contributed by atoms with Crippen molar-refractivity contribution < 1.29 is 5.11 Å². The van der Waals surface area contributed by atoms with Crippen LogP contribution in [0, 0.1) is 0 Å².